The van der Waals surface area contributed by atoms with Crippen molar-refractivity contribution in [2.75, 3.05) is 0 Å². The second-order valence-electron chi connectivity index (χ2n) is 3.02. The van der Waals surface area contributed by atoms with Crippen molar-refractivity contribution in [3.8, 4) is 0 Å². The normalized spacial score (nSPS) is 11.5. The van der Waals surface area contributed by atoms with Gasteiger partial charge in [0.15, 0.2) is 0 Å². The third-order valence-corrected chi connectivity index (χ3v) is 2.32. The van der Waals surface area contributed by atoms with Gasteiger partial charge in [0.2, 0.25) is 0 Å². The number of carboxylic acids is 1. The minimum atomic E-state index is -0.932. The van der Waals surface area contributed by atoms with E-state index >= 15 is 0 Å². The lowest BCUT2D eigenvalue weighted by Crippen LogP contribution is -2.02. The second-order valence-corrected chi connectivity index (χ2v) is 3.22. The second kappa shape index (κ2) is 4.28. The lowest BCUT2D eigenvalue weighted by atomic mass is 10.0. The van der Waals surface area contributed by atoms with Gasteiger partial charge in [-0.15, -0.1) is 0 Å². The Kier molecular flexibility index (Phi) is 3.30. The number of carbonyl (C=O) groups is 1. The molecule has 0 aliphatic carbocycles. The average Bonchev–Trinajstić information content (AvgIpc) is 2.17. The predicted molar refractivity (Wildman–Crippen MR) is 59.3 cm³/mol. The Hall–Kier alpha value is -1.29. The highest BCUT2D eigenvalue weighted by Crippen LogP contribution is 2.13. The van der Waals surface area contributed by atoms with Crippen molar-refractivity contribution in [3.05, 3.63) is 34.9 Å². The monoisotopic (exact) mass is 209 g/mol. The molecule has 1 aromatic rings. The quantitative estimate of drug-likeness (QED) is 0.580. The maximum atomic E-state index is 10.7. The highest BCUT2D eigenvalue weighted by Gasteiger charge is 2.07. The molecule has 0 aromatic heterocycles. The van der Waals surface area contributed by atoms with Crippen molar-refractivity contribution in [3.63, 3.8) is 0 Å². The number of aryl methyl sites for hydroxylation is 1. The van der Waals surface area contributed by atoms with Crippen molar-refractivity contribution in [1.29, 1.82) is 0 Å². The molecule has 1 rings (SSSR count). The fourth-order valence-electron chi connectivity index (χ4n) is 1.20. The van der Waals surface area contributed by atoms with Gasteiger partial charge in [-0.2, -0.15) is 0 Å². The Morgan fingerprint density at radius 3 is 2.64 bits per heavy atom. The van der Waals surface area contributed by atoms with E-state index in [1.54, 1.807) is 25.1 Å². The van der Waals surface area contributed by atoms with Crippen LogP contribution in [0.25, 0.3) is 0 Å². The summed E-state index contributed by atoms with van der Waals surface area (Å²) in [6.07, 6.45) is 0. The summed E-state index contributed by atoms with van der Waals surface area (Å²) in [5.74, 6) is -0.932. The molecule has 0 saturated carbocycles. The summed E-state index contributed by atoms with van der Waals surface area (Å²) >= 11 is 3.80. The van der Waals surface area contributed by atoms with Gasteiger partial charge >= 0.3 is 5.97 Å². The molecule has 0 atom stereocenters. The number of thiol groups is 1. The largest absolute Gasteiger partial charge is 0.478 e. The first-order valence-corrected chi connectivity index (χ1v) is 4.49. The molecule has 0 aliphatic heterocycles. The topological polar surface area (TPSA) is 49.7 Å². The third kappa shape index (κ3) is 2.14. The molecule has 1 aromatic carbocycles. The summed E-state index contributed by atoms with van der Waals surface area (Å²) in [5.41, 5.74) is 2.79. The van der Waals surface area contributed by atoms with Gasteiger partial charge in [0.1, 0.15) is 0 Å². The van der Waals surface area contributed by atoms with Gasteiger partial charge in [0, 0.05) is 5.56 Å². The molecule has 0 amide bonds. The fraction of sp³-hybridized carbons (Fsp3) is 0.200. The van der Waals surface area contributed by atoms with Crippen LogP contribution in [0.3, 0.4) is 0 Å². The number of aromatic carboxylic acids is 1. The molecule has 4 heteroatoms. The van der Waals surface area contributed by atoms with Crippen molar-refractivity contribution in [2.24, 2.45) is 4.40 Å². The van der Waals surface area contributed by atoms with Crippen LogP contribution in [0.1, 0.15) is 28.4 Å². The molecule has 0 heterocycles. The van der Waals surface area contributed by atoms with Gasteiger partial charge in [-0.3, -0.25) is 0 Å². The number of rotatable bonds is 2. The molecular formula is C10H11NO2S. The van der Waals surface area contributed by atoms with Crippen LogP contribution in [0.5, 0.6) is 0 Å². The summed E-state index contributed by atoms with van der Waals surface area (Å²) in [7, 11) is 0. The molecule has 0 saturated heterocycles. The Balaban J connectivity index is 3.28. The van der Waals surface area contributed by atoms with Gasteiger partial charge in [-0.05, 0) is 44.4 Å². The van der Waals surface area contributed by atoms with Crippen LogP contribution in [-0.4, -0.2) is 16.8 Å². The molecule has 0 radical (unpaired) electrons. The smallest absolute Gasteiger partial charge is 0.335 e. The number of hydrogen-bond acceptors (Lipinski definition) is 3. The SMILES string of the molecule is C/C(=N/S)c1cc(C(=O)O)ccc1C. The summed E-state index contributed by atoms with van der Waals surface area (Å²) in [5, 5.41) is 8.80. The Morgan fingerprint density at radius 1 is 1.50 bits per heavy atom. The highest BCUT2D eigenvalue weighted by atomic mass is 32.1. The summed E-state index contributed by atoms with van der Waals surface area (Å²) in [6.45, 7) is 3.70. The van der Waals surface area contributed by atoms with Crippen LogP contribution in [-0.2, 0) is 0 Å². The van der Waals surface area contributed by atoms with Crippen molar-refractivity contribution < 1.29 is 9.90 Å². The molecule has 14 heavy (non-hydrogen) atoms. The lowest BCUT2D eigenvalue weighted by molar-refractivity contribution is 0.0697. The van der Waals surface area contributed by atoms with E-state index in [9.17, 15) is 4.79 Å². The zero-order valence-corrected chi connectivity index (χ0v) is 8.88. The van der Waals surface area contributed by atoms with E-state index in [0.29, 0.717) is 5.71 Å². The predicted octanol–water partition coefficient (Wildman–Crippen LogP) is 2.35. The van der Waals surface area contributed by atoms with Crippen molar-refractivity contribution >= 4 is 24.5 Å². The molecule has 0 bridgehead atoms. The first-order valence-electron chi connectivity index (χ1n) is 4.09. The van der Waals surface area contributed by atoms with Crippen molar-refractivity contribution in [1.82, 2.24) is 0 Å². The molecular weight excluding hydrogens is 198 g/mol. The molecule has 0 spiro atoms. The van der Waals surface area contributed by atoms with Gasteiger partial charge in [-0.25, -0.2) is 9.19 Å². The lowest BCUT2D eigenvalue weighted by Gasteiger charge is -2.05. The zero-order chi connectivity index (χ0) is 10.7. The van der Waals surface area contributed by atoms with Gasteiger partial charge in [0.25, 0.3) is 0 Å². The van der Waals surface area contributed by atoms with Crippen LogP contribution in [0.15, 0.2) is 22.6 Å². The van der Waals surface area contributed by atoms with Crippen LogP contribution in [0.4, 0.5) is 0 Å². The van der Waals surface area contributed by atoms with Crippen LogP contribution in [0, 0.1) is 6.92 Å². The van der Waals surface area contributed by atoms with Crippen molar-refractivity contribution in [2.45, 2.75) is 13.8 Å². The molecule has 3 nitrogen and oxygen atoms in total. The van der Waals surface area contributed by atoms with Crippen LogP contribution < -0.4 is 0 Å². The average molecular weight is 209 g/mol. The van der Waals surface area contributed by atoms with E-state index in [1.165, 1.54) is 0 Å². The van der Waals surface area contributed by atoms with Crippen LogP contribution >= 0.6 is 12.8 Å². The summed E-state index contributed by atoms with van der Waals surface area (Å²) < 4.78 is 3.74. The van der Waals surface area contributed by atoms with E-state index in [0.717, 1.165) is 11.1 Å². The maximum absolute atomic E-state index is 10.7. The summed E-state index contributed by atoms with van der Waals surface area (Å²) in [6, 6.07) is 4.95. The first kappa shape index (κ1) is 10.8. The molecule has 0 aliphatic rings. The number of hydrogen-bond donors (Lipinski definition) is 2. The van der Waals surface area contributed by atoms with E-state index in [-0.39, 0.29) is 5.56 Å². The molecule has 0 unspecified atom stereocenters. The van der Waals surface area contributed by atoms with E-state index in [2.05, 4.69) is 17.2 Å². The number of nitrogens with zero attached hydrogens (tertiary/aromatic N) is 1. The fourth-order valence-corrected chi connectivity index (χ4v) is 1.31. The van der Waals surface area contributed by atoms with Gasteiger partial charge in [-0.1, -0.05) is 6.07 Å². The zero-order valence-electron chi connectivity index (χ0n) is 7.98. The Labute approximate surface area is 88.0 Å². The van der Waals surface area contributed by atoms with Gasteiger partial charge in [0.05, 0.1) is 11.3 Å². The standard InChI is InChI=1S/C10H11NO2S/c1-6-3-4-8(10(12)13)5-9(6)7(2)11-14/h3-5,14H,1-2H3,(H,12,13)/b11-7-. The molecule has 74 valence electrons. The van der Waals surface area contributed by atoms with E-state index in [4.69, 9.17) is 5.11 Å². The third-order valence-electron chi connectivity index (χ3n) is 2.02. The minimum absolute atomic E-state index is 0.266. The molecule has 0 fully saturated rings. The first-order chi connectivity index (χ1) is 6.56. The Bertz CT molecular complexity index is 399. The maximum Gasteiger partial charge on any atom is 0.335 e. The minimum Gasteiger partial charge on any atom is -0.478 e. The Morgan fingerprint density at radius 2 is 2.14 bits per heavy atom. The van der Waals surface area contributed by atoms with E-state index < -0.39 is 5.97 Å². The highest BCUT2D eigenvalue weighted by molar-refractivity contribution is 7.79. The van der Waals surface area contributed by atoms with E-state index in [1.807, 2.05) is 6.92 Å². The number of carboxylic acid groups (broad SMARTS) is 1. The number of benzene rings is 1. The summed E-state index contributed by atoms with van der Waals surface area (Å²) in [4.78, 5) is 10.7. The molecule has 1 N–H and O–H groups in total. The van der Waals surface area contributed by atoms with Gasteiger partial charge < -0.3 is 5.11 Å². The van der Waals surface area contributed by atoms with Crippen LogP contribution in [0.2, 0.25) is 0 Å².